The van der Waals surface area contributed by atoms with Gasteiger partial charge in [-0.1, -0.05) is 48.5 Å². The van der Waals surface area contributed by atoms with E-state index in [-0.39, 0.29) is 17.1 Å². The minimum atomic E-state index is -10.7. The summed E-state index contributed by atoms with van der Waals surface area (Å²) in [6, 6.07) is 18.2. The zero-order valence-corrected chi connectivity index (χ0v) is 17.4. The van der Waals surface area contributed by atoms with Crippen LogP contribution >= 0.6 is 7.81 Å². The first kappa shape index (κ1) is 26.0. The third-order valence-corrected chi connectivity index (χ3v) is 4.01. The van der Waals surface area contributed by atoms with Crippen molar-refractivity contribution in [1.29, 1.82) is 0 Å². The van der Waals surface area contributed by atoms with Crippen molar-refractivity contribution in [3.8, 4) is 0 Å². The summed E-state index contributed by atoms with van der Waals surface area (Å²) in [5.74, 6) is 0. The maximum atomic E-state index is 9.87. The van der Waals surface area contributed by atoms with Crippen LogP contribution in [0.15, 0.2) is 48.5 Å². The van der Waals surface area contributed by atoms with Gasteiger partial charge in [-0.15, -0.1) is 0 Å². The second-order valence-corrected chi connectivity index (χ2v) is 8.47. The molecule has 0 aromatic heterocycles. The summed E-state index contributed by atoms with van der Waals surface area (Å²) in [6.45, 7) is 0. The van der Waals surface area contributed by atoms with Crippen LogP contribution < -0.4 is 0 Å². The Morgan fingerprint density at radius 3 is 0.690 bits per heavy atom. The van der Waals surface area contributed by atoms with E-state index in [4.69, 9.17) is 0 Å². The van der Waals surface area contributed by atoms with Crippen molar-refractivity contribution in [3.05, 3.63) is 103 Å². The van der Waals surface area contributed by atoms with E-state index in [1.807, 2.05) is 32.1 Å². The third-order valence-electron chi connectivity index (χ3n) is 4.01. The first-order chi connectivity index (χ1) is 12.8. The van der Waals surface area contributed by atoms with Crippen LogP contribution in [0, 0.1) is 32.1 Å². The average molecular weight is 474 g/mol. The molecule has 0 heterocycles. The van der Waals surface area contributed by atoms with Gasteiger partial charge in [0, 0.05) is 0 Å². The molecule has 8 heteroatoms. The molecule has 0 nitrogen and oxygen atoms in total. The molecule has 0 atom stereocenters. The number of hydrogen-bond donors (Lipinski definition) is 0. The Kier molecular flexibility index (Phi) is 8.83. The number of halogens is 6. The zero-order valence-electron chi connectivity index (χ0n) is 15.4. The van der Waals surface area contributed by atoms with Gasteiger partial charge in [0.15, 0.2) is 0 Å². The normalized spacial score (nSPS) is 17.7. The predicted molar refractivity (Wildman–Crippen MR) is 103 cm³/mol. The summed E-state index contributed by atoms with van der Waals surface area (Å²) in [7, 11) is -10.7. The topological polar surface area (TPSA) is 0 Å². The third kappa shape index (κ3) is 14.6. The van der Waals surface area contributed by atoms with Crippen molar-refractivity contribution in [2.45, 2.75) is 25.7 Å². The Balaban J connectivity index is 0.000000271. The molecule has 0 amide bonds. The number of benzene rings is 2. The fourth-order valence-corrected chi connectivity index (χ4v) is 2.64. The van der Waals surface area contributed by atoms with Gasteiger partial charge in [-0.3, -0.25) is 0 Å². The van der Waals surface area contributed by atoms with Crippen molar-refractivity contribution in [2.75, 3.05) is 0 Å². The maximum absolute atomic E-state index is 10.7. The van der Waals surface area contributed by atoms with E-state index in [1.165, 1.54) is 22.3 Å². The van der Waals surface area contributed by atoms with E-state index >= 15 is 0 Å². The van der Waals surface area contributed by atoms with Crippen LogP contribution in [-0.2, 0) is 42.8 Å². The smallest absolute Gasteiger partial charge is 0.0588 e. The molecule has 0 aliphatic heterocycles. The summed E-state index contributed by atoms with van der Waals surface area (Å²) in [4.78, 5) is 0. The van der Waals surface area contributed by atoms with Crippen LogP contribution in [0.25, 0.3) is 0 Å². The van der Waals surface area contributed by atoms with Gasteiger partial charge in [-0.05, 0) is 80.0 Å². The molecule has 0 spiro atoms. The molecule has 2 aromatic rings. The first-order valence-corrected chi connectivity index (χ1v) is 10.8. The van der Waals surface area contributed by atoms with Gasteiger partial charge < -0.3 is 0 Å². The van der Waals surface area contributed by atoms with Gasteiger partial charge in [-0.2, -0.15) is 0 Å². The minimum absolute atomic E-state index is 0. The number of rotatable bonds is 0. The Hall–Kier alpha value is -1.03. The summed E-state index contributed by atoms with van der Waals surface area (Å²) in [6.07, 6.45) is 14.6. The molecule has 29 heavy (non-hydrogen) atoms. The molecule has 159 valence electrons. The molecule has 1 fully saturated rings. The fourth-order valence-electron chi connectivity index (χ4n) is 2.64. The van der Waals surface area contributed by atoms with Crippen LogP contribution in [0.4, 0.5) is 25.2 Å². The summed E-state index contributed by atoms with van der Waals surface area (Å²) in [5.41, 5.74) is 5.81. The van der Waals surface area contributed by atoms with E-state index < -0.39 is 7.81 Å². The average Bonchev–Trinajstić information content (AvgIpc) is 3.15. The quantitative estimate of drug-likeness (QED) is 0.206. The fraction of sp³-hybridized carbons (Fsp3) is 0.190. The van der Waals surface area contributed by atoms with Gasteiger partial charge in [0.25, 0.3) is 0 Å². The van der Waals surface area contributed by atoms with Crippen LogP contribution in [0.5, 0.6) is 0 Å². The first-order valence-electron chi connectivity index (χ1n) is 8.74. The van der Waals surface area contributed by atoms with E-state index in [9.17, 15) is 25.2 Å². The minimum Gasteiger partial charge on any atom is -0.0588 e. The van der Waals surface area contributed by atoms with Gasteiger partial charge >= 0.3 is 50.1 Å². The van der Waals surface area contributed by atoms with Crippen LogP contribution in [0.2, 0.25) is 0 Å². The van der Waals surface area contributed by atoms with Crippen molar-refractivity contribution in [2.24, 2.45) is 0 Å². The zero-order chi connectivity index (χ0) is 20.7. The van der Waals surface area contributed by atoms with E-state index in [2.05, 4.69) is 48.5 Å². The summed E-state index contributed by atoms with van der Waals surface area (Å²) in [5, 5.41) is 0. The monoisotopic (exact) mass is 474 g/mol. The molecule has 5 aliphatic rings. The molecule has 0 N–H and O–H groups in total. The number of hydrogen-bond acceptors (Lipinski definition) is 0. The molecule has 1 saturated carbocycles. The van der Waals surface area contributed by atoms with Crippen LogP contribution in [0.3, 0.4) is 0 Å². The molecule has 2 aromatic carbocycles. The Bertz CT molecular complexity index is 623. The van der Waals surface area contributed by atoms with Crippen LogP contribution in [-0.4, -0.2) is 0 Å². The standard InChI is InChI=1S/C16H16.C5H5.F6P.Fe/c1-2-14-4-3-13(1)9-10-15-5-7-16(8-6-15)12-11-14;1-2-4-5-3-1;1-7(2,3,4,5)6;/h1-8H,9-12H2;1-5H;;/q;;-1;+2. The summed E-state index contributed by atoms with van der Waals surface area (Å²) < 4.78 is 59.2. The molecular formula is C21H21F6FeP+. The molecule has 5 radical (unpaired) electrons. The molecule has 5 aliphatic carbocycles. The van der Waals surface area contributed by atoms with Crippen molar-refractivity contribution < 1.29 is 42.3 Å². The molecule has 0 unspecified atom stereocenters. The Morgan fingerprint density at radius 2 is 0.552 bits per heavy atom. The SMILES string of the molecule is F[P-](F)(F)(F)(F)F.[CH]1[CH][CH][CH][CH]1.[Fe+2].c1cc2ccc1CCc1ccc(cc1)CC2. The number of aryl methyl sites for hydroxylation is 4. The van der Waals surface area contributed by atoms with Crippen molar-refractivity contribution >= 4 is 7.81 Å². The van der Waals surface area contributed by atoms with Gasteiger partial charge in [-0.25, -0.2) is 0 Å². The summed E-state index contributed by atoms with van der Waals surface area (Å²) >= 11 is 0. The second kappa shape index (κ2) is 9.85. The van der Waals surface area contributed by atoms with Crippen molar-refractivity contribution in [3.63, 3.8) is 0 Å². The van der Waals surface area contributed by atoms with E-state index in [0.29, 0.717) is 0 Å². The van der Waals surface area contributed by atoms with Crippen LogP contribution in [0.1, 0.15) is 22.3 Å². The van der Waals surface area contributed by atoms with E-state index in [0.717, 1.165) is 25.7 Å². The maximum Gasteiger partial charge on any atom is 2.00 e. The largest absolute Gasteiger partial charge is 2.00 e. The van der Waals surface area contributed by atoms with Crippen molar-refractivity contribution in [1.82, 2.24) is 0 Å². The van der Waals surface area contributed by atoms with Gasteiger partial charge in [0.2, 0.25) is 0 Å². The molecule has 0 saturated heterocycles. The van der Waals surface area contributed by atoms with E-state index in [1.54, 1.807) is 0 Å². The molecular weight excluding hydrogens is 453 g/mol. The molecule has 4 bridgehead atoms. The second-order valence-electron chi connectivity index (χ2n) is 6.55. The van der Waals surface area contributed by atoms with Gasteiger partial charge in [0.1, 0.15) is 0 Å². The Morgan fingerprint density at radius 1 is 0.414 bits per heavy atom. The Labute approximate surface area is 178 Å². The predicted octanol–water partition coefficient (Wildman–Crippen LogP) is 7.97. The van der Waals surface area contributed by atoms with Gasteiger partial charge in [0.05, 0.1) is 0 Å². The molecule has 7 rings (SSSR count).